The van der Waals surface area contributed by atoms with Crippen LogP contribution in [0.15, 0.2) is 18.2 Å². The van der Waals surface area contributed by atoms with Crippen molar-refractivity contribution in [3.63, 3.8) is 0 Å². The molecule has 188 valence electrons. The summed E-state index contributed by atoms with van der Waals surface area (Å²) in [6.45, 7) is 4.35. The molecule has 0 saturated carbocycles. The van der Waals surface area contributed by atoms with Crippen molar-refractivity contribution in [1.29, 1.82) is 0 Å². The van der Waals surface area contributed by atoms with E-state index in [1.165, 1.54) is 26.0 Å². The molecule has 0 spiro atoms. The molecule has 0 bridgehead atoms. The van der Waals surface area contributed by atoms with Crippen LogP contribution in [0, 0.1) is 0 Å². The molecule has 1 aliphatic rings. The van der Waals surface area contributed by atoms with Crippen LogP contribution in [0.1, 0.15) is 56.0 Å². The Balaban J connectivity index is 1.95. The number of halogens is 3. The molecule has 1 aromatic rings. The molecule has 1 aromatic carbocycles. The van der Waals surface area contributed by atoms with Gasteiger partial charge in [0.05, 0.1) is 5.94 Å². The molecular weight excluding hydrogens is 462 g/mol. The number of benzene rings is 1. The molecule has 1 amide bonds. The minimum atomic E-state index is -4.35. The lowest BCUT2D eigenvalue weighted by atomic mass is 9.72. The molecule has 1 heterocycles. The first-order valence-corrected chi connectivity index (χ1v) is 10.6. The topological polar surface area (TPSA) is 120 Å². The summed E-state index contributed by atoms with van der Waals surface area (Å²) in [6, 6.07) is 4.52. The standard InChI is InChI=1S/C21H27BF3NO8/c1-4-33-20(2,3)19(29)32-12-31-18(28)14-8-5-7-13-11-15(22(30)34-17(13)14)26-16(27)9-6-10-21(23,24)25/h5,7-8,15,30H,4,6,9-12H2,1-3H3,(H,26,27). The van der Waals surface area contributed by atoms with E-state index < -0.39 is 55.9 Å². The van der Waals surface area contributed by atoms with Crippen LogP contribution >= 0.6 is 0 Å². The number of nitrogens with one attached hydrogen (secondary N) is 1. The van der Waals surface area contributed by atoms with Gasteiger partial charge in [-0.15, -0.1) is 0 Å². The summed E-state index contributed by atoms with van der Waals surface area (Å²) >= 11 is 0. The molecule has 0 fully saturated rings. The average molecular weight is 489 g/mol. The number of alkyl halides is 3. The minimum Gasteiger partial charge on any atom is -0.534 e. The Morgan fingerprint density at radius 3 is 2.59 bits per heavy atom. The van der Waals surface area contributed by atoms with Crippen LogP contribution in [-0.4, -0.2) is 61.1 Å². The van der Waals surface area contributed by atoms with Gasteiger partial charge in [0.25, 0.3) is 0 Å². The van der Waals surface area contributed by atoms with Gasteiger partial charge in [0.2, 0.25) is 12.7 Å². The molecule has 13 heteroatoms. The van der Waals surface area contributed by atoms with Crippen LogP contribution in [-0.2, 0) is 30.2 Å². The van der Waals surface area contributed by atoms with Crippen molar-refractivity contribution in [2.45, 2.75) is 64.2 Å². The molecule has 1 aliphatic heterocycles. The zero-order valence-corrected chi connectivity index (χ0v) is 19.1. The number of hydrogen-bond acceptors (Lipinski definition) is 8. The van der Waals surface area contributed by atoms with Crippen molar-refractivity contribution >= 4 is 25.0 Å². The normalized spacial score (nSPS) is 15.7. The van der Waals surface area contributed by atoms with Gasteiger partial charge < -0.3 is 29.2 Å². The Morgan fingerprint density at radius 1 is 1.24 bits per heavy atom. The van der Waals surface area contributed by atoms with E-state index in [0.29, 0.717) is 5.56 Å². The van der Waals surface area contributed by atoms with E-state index in [0.717, 1.165) is 0 Å². The number of carbonyl (C=O) groups excluding carboxylic acids is 3. The molecule has 1 unspecified atom stereocenters. The summed E-state index contributed by atoms with van der Waals surface area (Å²) in [5.74, 6) is -3.14. The maximum Gasteiger partial charge on any atom is 0.547 e. The lowest BCUT2D eigenvalue weighted by molar-refractivity contribution is -0.176. The summed E-state index contributed by atoms with van der Waals surface area (Å²) in [5.41, 5.74) is -0.784. The quantitative estimate of drug-likeness (QED) is 0.292. The third-order valence-corrected chi connectivity index (χ3v) is 4.93. The zero-order chi connectivity index (χ0) is 25.5. The fourth-order valence-electron chi connectivity index (χ4n) is 3.24. The van der Waals surface area contributed by atoms with Gasteiger partial charge in [0.1, 0.15) is 11.3 Å². The number of fused-ring (bicyclic) bond motifs is 1. The zero-order valence-electron chi connectivity index (χ0n) is 19.1. The van der Waals surface area contributed by atoms with Crippen LogP contribution in [0.5, 0.6) is 5.75 Å². The molecule has 9 nitrogen and oxygen atoms in total. The van der Waals surface area contributed by atoms with Crippen LogP contribution in [0.3, 0.4) is 0 Å². The van der Waals surface area contributed by atoms with Gasteiger partial charge in [-0.05, 0) is 45.2 Å². The van der Waals surface area contributed by atoms with Crippen LogP contribution < -0.4 is 9.97 Å². The van der Waals surface area contributed by atoms with Gasteiger partial charge in [-0.25, -0.2) is 9.59 Å². The molecular formula is C21H27BF3NO8. The molecule has 0 radical (unpaired) electrons. The van der Waals surface area contributed by atoms with Gasteiger partial charge in [-0.1, -0.05) is 12.1 Å². The molecule has 1 atom stereocenters. The lowest BCUT2D eigenvalue weighted by Gasteiger charge is -2.29. The number of hydrogen-bond donors (Lipinski definition) is 2. The van der Waals surface area contributed by atoms with E-state index in [1.807, 2.05) is 0 Å². The van der Waals surface area contributed by atoms with E-state index in [9.17, 15) is 32.6 Å². The Morgan fingerprint density at radius 2 is 1.94 bits per heavy atom. The van der Waals surface area contributed by atoms with Gasteiger partial charge in [-0.2, -0.15) is 13.2 Å². The first-order valence-electron chi connectivity index (χ1n) is 10.6. The van der Waals surface area contributed by atoms with Gasteiger partial charge >= 0.3 is 25.2 Å². The number of amides is 1. The highest BCUT2D eigenvalue weighted by atomic mass is 19.4. The predicted molar refractivity (Wildman–Crippen MR) is 113 cm³/mol. The Hall–Kier alpha value is -2.80. The predicted octanol–water partition coefficient (Wildman–Crippen LogP) is 2.33. The fourth-order valence-corrected chi connectivity index (χ4v) is 3.24. The van der Waals surface area contributed by atoms with E-state index in [1.54, 1.807) is 13.0 Å². The van der Waals surface area contributed by atoms with Crippen LogP contribution in [0.4, 0.5) is 13.2 Å². The lowest BCUT2D eigenvalue weighted by Crippen LogP contribution is -2.53. The van der Waals surface area contributed by atoms with Crippen LogP contribution in [0.2, 0.25) is 0 Å². The largest absolute Gasteiger partial charge is 0.547 e. The molecule has 2 N–H and O–H groups in total. The second kappa shape index (κ2) is 11.6. The van der Waals surface area contributed by atoms with Crippen molar-refractivity contribution in [1.82, 2.24) is 5.32 Å². The number of carbonyl (C=O) groups is 3. The van der Waals surface area contributed by atoms with E-state index in [2.05, 4.69) is 5.32 Å². The first-order chi connectivity index (χ1) is 15.8. The molecule has 0 saturated heterocycles. The van der Waals surface area contributed by atoms with Crippen LogP contribution in [0.25, 0.3) is 0 Å². The fraction of sp³-hybridized carbons (Fsp3) is 0.571. The number of ether oxygens (including phenoxy) is 3. The summed E-state index contributed by atoms with van der Waals surface area (Å²) in [4.78, 5) is 36.4. The maximum atomic E-state index is 12.5. The number of esters is 2. The molecule has 0 aromatic heterocycles. The highest BCUT2D eigenvalue weighted by molar-refractivity contribution is 6.47. The third-order valence-electron chi connectivity index (χ3n) is 4.93. The van der Waals surface area contributed by atoms with Crippen molar-refractivity contribution in [3.8, 4) is 5.75 Å². The summed E-state index contributed by atoms with van der Waals surface area (Å²) in [5, 5.41) is 12.7. The van der Waals surface area contributed by atoms with Gasteiger partial charge in [-0.3, -0.25) is 4.79 Å². The van der Waals surface area contributed by atoms with E-state index >= 15 is 0 Å². The van der Waals surface area contributed by atoms with Gasteiger partial charge in [0, 0.05) is 19.4 Å². The average Bonchev–Trinajstić information content (AvgIpc) is 2.72. The van der Waals surface area contributed by atoms with Crippen molar-refractivity contribution in [3.05, 3.63) is 29.3 Å². The first kappa shape index (κ1) is 27.4. The van der Waals surface area contributed by atoms with Crippen molar-refractivity contribution in [2.24, 2.45) is 0 Å². The molecule has 0 aliphatic carbocycles. The highest BCUT2D eigenvalue weighted by Gasteiger charge is 2.38. The van der Waals surface area contributed by atoms with E-state index in [-0.39, 0.29) is 37.2 Å². The third kappa shape index (κ3) is 7.91. The highest BCUT2D eigenvalue weighted by Crippen LogP contribution is 2.31. The SMILES string of the molecule is CCOC(C)(C)C(=O)OCOC(=O)c1cccc2c1OB(O)C(NC(=O)CCCC(F)(F)F)C2. The monoisotopic (exact) mass is 489 g/mol. The van der Waals surface area contributed by atoms with E-state index in [4.69, 9.17) is 18.9 Å². The molecule has 34 heavy (non-hydrogen) atoms. The van der Waals surface area contributed by atoms with Crippen molar-refractivity contribution < 1.29 is 51.4 Å². The number of para-hydroxylation sites is 1. The molecule has 2 rings (SSSR count). The summed E-state index contributed by atoms with van der Waals surface area (Å²) < 4.78 is 57.3. The second-order valence-electron chi connectivity index (χ2n) is 8.07. The summed E-state index contributed by atoms with van der Waals surface area (Å²) in [7, 11) is -1.54. The summed E-state index contributed by atoms with van der Waals surface area (Å²) in [6.07, 6.45) is -6.11. The minimum absolute atomic E-state index is 0.0311. The number of rotatable bonds is 10. The Labute approximate surface area is 195 Å². The van der Waals surface area contributed by atoms with Crippen molar-refractivity contribution in [2.75, 3.05) is 13.4 Å². The van der Waals surface area contributed by atoms with Gasteiger partial charge in [0.15, 0.2) is 5.60 Å². The second-order valence-corrected chi connectivity index (χ2v) is 8.07. The Kier molecular flexibility index (Phi) is 9.33. The Bertz CT molecular complexity index is 893. The maximum absolute atomic E-state index is 12.5. The smallest absolute Gasteiger partial charge is 0.534 e.